The van der Waals surface area contributed by atoms with E-state index in [1.54, 1.807) is 17.9 Å². The minimum absolute atomic E-state index is 0.0874. The number of likely N-dealkylation sites (tertiary alicyclic amines) is 1. The van der Waals surface area contributed by atoms with Crippen LogP contribution >= 0.6 is 11.6 Å². The Hall–Kier alpha value is -1.75. The zero-order chi connectivity index (χ0) is 15.4. The third-order valence-electron chi connectivity index (χ3n) is 3.65. The highest BCUT2D eigenvalue weighted by molar-refractivity contribution is 6.33. The molecular weight excluding hydrogens is 290 g/mol. The lowest BCUT2D eigenvalue weighted by molar-refractivity contribution is -0.129. The summed E-state index contributed by atoms with van der Waals surface area (Å²) < 4.78 is 0. The number of rotatable bonds is 2. The third kappa shape index (κ3) is 4.36. The number of nitrogens with zero attached hydrogens (tertiary/aromatic N) is 1. The number of carbonyl (C=O) groups is 2. The fraction of sp³-hybridized carbons (Fsp3) is 0.467. The maximum atomic E-state index is 12.0. The van der Waals surface area contributed by atoms with Crippen LogP contribution in [0.25, 0.3) is 0 Å². The summed E-state index contributed by atoms with van der Waals surface area (Å²) >= 11 is 6.08. The van der Waals surface area contributed by atoms with E-state index in [1.807, 2.05) is 19.1 Å². The molecule has 0 saturated carbocycles. The average Bonchev–Trinajstić information content (AvgIpc) is 2.42. The van der Waals surface area contributed by atoms with Crippen molar-refractivity contribution in [1.82, 2.24) is 10.2 Å². The van der Waals surface area contributed by atoms with Crippen LogP contribution in [0.2, 0.25) is 5.02 Å². The van der Waals surface area contributed by atoms with Crippen molar-refractivity contribution in [2.75, 3.05) is 18.4 Å². The summed E-state index contributed by atoms with van der Waals surface area (Å²) in [6.45, 7) is 4.88. The standard InChI is InChI=1S/C15H20ClN3O2/c1-10-3-4-14(13(16)9-10)18-15(21)17-12-5-7-19(8-6-12)11(2)20/h3-4,9,12H,5-8H2,1-2H3,(H2,17,18,21). The predicted molar refractivity (Wildman–Crippen MR) is 83.6 cm³/mol. The van der Waals surface area contributed by atoms with Gasteiger partial charge in [0.05, 0.1) is 10.7 Å². The van der Waals surface area contributed by atoms with Crippen molar-refractivity contribution in [1.29, 1.82) is 0 Å². The molecule has 1 heterocycles. The van der Waals surface area contributed by atoms with Crippen molar-refractivity contribution in [3.8, 4) is 0 Å². The Morgan fingerprint density at radius 3 is 2.52 bits per heavy atom. The van der Waals surface area contributed by atoms with Crippen LogP contribution in [0.4, 0.5) is 10.5 Å². The zero-order valence-electron chi connectivity index (χ0n) is 12.3. The molecule has 0 aromatic heterocycles. The minimum atomic E-state index is -0.262. The van der Waals surface area contributed by atoms with E-state index in [2.05, 4.69) is 10.6 Å². The number of carbonyl (C=O) groups excluding carboxylic acids is 2. The van der Waals surface area contributed by atoms with Crippen LogP contribution in [-0.2, 0) is 4.79 Å². The van der Waals surface area contributed by atoms with Gasteiger partial charge in [0.1, 0.15) is 0 Å². The number of hydrogen-bond donors (Lipinski definition) is 2. The quantitative estimate of drug-likeness (QED) is 0.882. The molecular formula is C15H20ClN3O2. The Morgan fingerprint density at radius 1 is 1.29 bits per heavy atom. The predicted octanol–water partition coefficient (Wildman–Crippen LogP) is 2.78. The van der Waals surface area contributed by atoms with Gasteiger partial charge >= 0.3 is 6.03 Å². The van der Waals surface area contributed by atoms with Gasteiger partial charge in [0.2, 0.25) is 5.91 Å². The molecule has 21 heavy (non-hydrogen) atoms. The van der Waals surface area contributed by atoms with Gasteiger partial charge in [0.15, 0.2) is 0 Å². The van der Waals surface area contributed by atoms with E-state index in [-0.39, 0.29) is 18.0 Å². The van der Waals surface area contributed by atoms with Crippen LogP contribution in [0.3, 0.4) is 0 Å². The number of urea groups is 1. The fourth-order valence-corrected chi connectivity index (χ4v) is 2.69. The maximum Gasteiger partial charge on any atom is 0.319 e. The van der Waals surface area contributed by atoms with Crippen LogP contribution in [0.15, 0.2) is 18.2 Å². The number of aryl methyl sites for hydroxylation is 1. The van der Waals surface area contributed by atoms with E-state index in [0.29, 0.717) is 23.8 Å². The second-order valence-corrected chi connectivity index (χ2v) is 5.77. The van der Waals surface area contributed by atoms with Gasteiger partial charge in [-0.2, -0.15) is 0 Å². The number of hydrogen-bond acceptors (Lipinski definition) is 2. The first-order valence-corrected chi connectivity index (χ1v) is 7.42. The van der Waals surface area contributed by atoms with E-state index < -0.39 is 0 Å². The SMILES string of the molecule is CC(=O)N1CCC(NC(=O)Nc2ccc(C)cc2Cl)CC1. The Morgan fingerprint density at radius 2 is 1.95 bits per heavy atom. The van der Waals surface area contributed by atoms with Gasteiger partial charge in [-0.1, -0.05) is 17.7 Å². The Bertz CT molecular complexity index is 540. The van der Waals surface area contributed by atoms with Crippen LogP contribution in [-0.4, -0.2) is 36.0 Å². The van der Waals surface area contributed by atoms with Crippen molar-refractivity contribution in [3.05, 3.63) is 28.8 Å². The van der Waals surface area contributed by atoms with Crippen LogP contribution in [0.1, 0.15) is 25.3 Å². The van der Waals surface area contributed by atoms with Crippen LogP contribution in [0, 0.1) is 6.92 Å². The average molecular weight is 310 g/mol. The lowest BCUT2D eigenvalue weighted by Crippen LogP contribution is -2.47. The highest BCUT2D eigenvalue weighted by Crippen LogP contribution is 2.22. The molecule has 1 aromatic rings. The normalized spacial score (nSPS) is 15.7. The lowest BCUT2D eigenvalue weighted by atomic mass is 10.1. The summed E-state index contributed by atoms with van der Waals surface area (Å²) in [5, 5.41) is 6.20. The Labute approximate surface area is 129 Å². The van der Waals surface area contributed by atoms with E-state index >= 15 is 0 Å². The van der Waals surface area contributed by atoms with Gasteiger partial charge in [0.25, 0.3) is 0 Å². The summed E-state index contributed by atoms with van der Waals surface area (Å²) in [4.78, 5) is 25.0. The van der Waals surface area contributed by atoms with Crippen molar-refractivity contribution >= 4 is 29.2 Å². The third-order valence-corrected chi connectivity index (χ3v) is 3.96. The molecule has 5 nitrogen and oxygen atoms in total. The van der Waals surface area contributed by atoms with Crippen molar-refractivity contribution in [2.24, 2.45) is 0 Å². The van der Waals surface area contributed by atoms with Gasteiger partial charge in [-0.25, -0.2) is 4.79 Å². The molecule has 0 spiro atoms. The topological polar surface area (TPSA) is 61.4 Å². The molecule has 0 bridgehead atoms. The summed E-state index contributed by atoms with van der Waals surface area (Å²) in [7, 11) is 0. The summed E-state index contributed by atoms with van der Waals surface area (Å²) in [5.41, 5.74) is 1.64. The first-order chi connectivity index (χ1) is 9.95. The first-order valence-electron chi connectivity index (χ1n) is 7.05. The number of benzene rings is 1. The second-order valence-electron chi connectivity index (χ2n) is 5.36. The molecule has 0 radical (unpaired) electrons. The van der Waals surface area contributed by atoms with Gasteiger partial charge < -0.3 is 15.5 Å². The van der Waals surface area contributed by atoms with Crippen LogP contribution in [0.5, 0.6) is 0 Å². The Balaban J connectivity index is 1.84. The highest BCUT2D eigenvalue weighted by atomic mass is 35.5. The molecule has 0 unspecified atom stereocenters. The molecule has 3 amide bonds. The van der Waals surface area contributed by atoms with Crippen molar-refractivity contribution < 1.29 is 9.59 Å². The van der Waals surface area contributed by atoms with Gasteiger partial charge in [-0.05, 0) is 37.5 Å². The van der Waals surface area contributed by atoms with Gasteiger partial charge in [0, 0.05) is 26.1 Å². The maximum absolute atomic E-state index is 12.0. The van der Waals surface area contributed by atoms with Crippen molar-refractivity contribution in [2.45, 2.75) is 32.7 Å². The minimum Gasteiger partial charge on any atom is -0.343 e. The molecule has 1 aromatic carbocycles. The second kappa shape index (κ2) is 6.80. The molecule has 1 aliphatic heterocycles. The molecule has 0 atom stereocenters. The van der Waals surface area contributed by atoms with E-state index in [0.717, 1.165) is 18.4 Å². The molecule has 2 N–H and O–H groups in total. The summed E-state index contributed by atoms with van der Waals surface area (Å²) in [6.07, 6.45) is 1.54. The van der Waals surface area contributed by atoms with E-state index in [1.165, 1.54) is 0 Å². The lowest BCUT2D eigenvalue weighted by Gasteiger charge is -2.31. The number of nitrogens with one attached hydrogen (secondary N) is 2. The van der Waals surface area contributed by atoms with Gasteiger partial charge in [-0.15, -0.1) is 0 Å². The molecule has 0 aliphatic carbocycles. The van der Waals surface area contributed by atoms with Crippen LogP contribution < -0.4 is 10.6 Å². The monoisotopic (exact) mass is 309 g/mol. The molecule has 6 heteroatoms. The smallest absolute Gasteiger partial charge is 0.319 e. The van der Waals surface area contributed by atoms with Crippen molar-refractivity contribution in [3.63, 3.8) is 0 Å². The number of piperidine rings is 1. The van der Waals surface area contributed by atoms with Gasteiger partial charge in [-0.3, -0.25) is 4.79 Å². The fourth-order valence-electron chi connectivity index (χ4n) is 2.40. The molecule has 2 rings (SSSR count). The van der Waals surface area contributed by atoms with E-state index in [4.69, 9.17) is 11.6 Å². The Kier molecular flexibility index (Phi) is 5.07. The summed E-state index contributed by atoms with van der Waals surface area (Å²) in [5.74, 6) is 0.0874. The first kappa shape index (κ1) is 15.6. The number of halogens is 1. The highest BCUT2D eigenvalue weighted by Gasteiger charge is 2.22. The largest absolute Gasteiger partial charge is 0.343 e. The number of anilines is 1. The molecule has 1 aliphatic rings. The molecule has 1 saturated heterocycles. The molecule has 1 fully saturated rings. The number of amides is 3. The van der Waals surface area contributed by atoms with E-state index in [9.17, 15) is 9.59 Å². The summed E-state index contributed by atoms with van der Waals surface area (Å²) in [6, 6.07) is 5.32. The molecule has 114 valence electrons. The zero-order valence-corrected chi connectivity index (χ0v) is 13.0.